The van der Waals surface area contributed by atoms with Crippen LogP contribution in [0, 0.1) is 0 Å². The van der Waals surface area contributed by atoms with Crippen LogP contribution in [0.3, 0.4) is 0 Å². The first-order valence-electron chi connectivity index (χ1n) is 5.72. The zero-order valence-electron chi connectivity index (χ0n) is 9.94. The second-order valence-electron chi connectivity index (χ2n) is 3.82. The van der Waals surface area contributed by atoms with Crippen LogP contribution in [0.15, 0.2) is 30.5 Å². The summed E-state index contributed by atoms with van der Waals surface area (Å²) < 4.78 is 5.23. The van der Waals surface area contributed by atoms with E-state index in [0.29, 0.717) is 6.54 Å². The summed E-state index contributed by atoms with van der Waals surface area (Å²) in [5.74, 6) is 1.72. The molecule has 90 valence electrons. The molecule has 0 aliphatic heterocycles. The highest BCUT2D eigenvalue weighted by Crippen LogP contribution is 2.25. The molecular formula is C13H17N3O. The number of nitrogens with two attached hydrogens (primary N) is 1. The molecule has 0 aliphatic rings. The Morgan fingerprint density at radius 1 is 1.35 bits per heavy atom. The highest BCUT2D eigenvalue weighted by molar-refractivity contribution is 5.92. The summed E-state index contributed by atoms with van der Waals surface area (Å²) >= 11 is 0. The predicted molar refractivity (Wildman–Crippen MR) is 70.5 cm³/mol. The fraction of sp³-hybridized carbons (Fsp3) is 0.308. The summed E-state index contributed by atoms with van der Waals surface area (Å²) in [6.45, 7) is 1.51. The van der Waals surface area contributed by atoms with Gasteiger partial charge >= 0.3 is 0 Å². The molecule has 4 nitrogen and oxygen atoms in total. The van der Waals surface area contributed by atoms with Crippen LogP contribution < -0.4 is 15.8 Å². The summed E-state index contributed by atoms with van der Waals surface area (Å²) in [5, 5.41) is 5.52. The summed E-state index contributed by atoms with van der Waals surface area (Å²) in [7, 11) is 1.67. The maximum atomic E-state index is 5.47. The predicted octanol–water partition coefficient (Wildman–Crippen LogP) is 2.00. The normalized spacial score (nSPS) is 10.5. The second kappa shape index (κ2) is 5.50. The molecule has 0 fully saturated rings. The SMILES string of the molecule is COc1ccc2ccnc(NCCCN)c2c1. The highest BCUT2D eigenvalue weighted by Gasteiger charge is 2.03. The van der Waals surface area contributed by atoms with Gasteiger partial charge in [-0.2, -0.15) is 0 Å². The van der Waals surface area contributed by atoms with E-state index >= 15 is 0 Å². The van der Waals surface area contributed by atoms with Crippen molar-refractivity contribution in [3.63, 3.8) is 0 Å². The van der Waals surface area contributed by atoms with E-state index in [2.05, 4.69) is 10.3 Å². The number of anilines is 1. The Balaban J connectivity index is 2.33. The van der Waals surface area contributed by atoms with Crippen molar-refractivity contribution in [1.82, 2.24) is 4.98 Å². The van der Waals surface area contributed by atoms with Gasteiger partial charge in [-0.1, -0.05) is 6.07 Å². The van der Waals surface area contributed by atoms with Crippen LogP contribution in [0.2, 0.25) is 0 Å². The largest absolute Gasteiger partial charge is 0.497 e. The molecule has 2 aromatic rings. The molecule has 17 heavy (non-hydrogen) atoms. The fourth-order valence-corrected chi connectivity index (χ4v) is 1.72. The van der Waals surface area contributed by atoms with Gasteiger partial charge in [0, 0.05) is 18.1 Å². The number of pyridine rings is 1. The Morgan fingerprint density at radius 2 is 2.24 bits per heavy atom. The van der Waals surface area contributed by atoms with Crippen LogP contribution >= 0.6 is 0 Å². The fourth-order valence-electron chi connectivity index (χ4n) is 1.72. The molecule has 0 unspecified atom stereocenters. The Kier molecular flexibility index (Phi) is 3.77. The molecule has 2 rings (SSSR count). The lowest BCUT2D eigenvalue weighted by atomic mass is 10.1. The average molecular weight is 231 g/mol. The van der Waals surface area contributed by atoms with Crippen LogP contribution in [0.1, 0.15) is 6.42 Å². The first-order chi connectivity index (χ1) is 8.35. The summed E-state index contributed by atoms with van der Waals surface area (Å²) in [6.07, 6.45) is 2.74. The molecule has 0 spiro atoms. The van der Waals surface area contributed by atoms with E-state index in [0.717, 1.165) is 35.3 Å². The van der Waals surface area contributed by atoms with E-state index < -0.39 is 0 Å². The Bertz CT molecular complexity index is 499. The summed E-state index contributed by atoms with van der Waals surface area (Å²) in [6, 6.07) is 7.96. The van der Waals surface area contributed by atoms with Gasteiger partial charge < -0.3 is 15.8 Å². The monoisotopic (exact) mass is 231 g/mol. The third kappa shape index (κ3) is 2.65. The van der Waals surface area contributed by atoms with Gasteiger partial charge in [0.05, 0.1) is 7.11 Å². The van der Waals surface area contributed by atoms with Crippen molar-refractivity contribution in [2.24, 2.45) is 5.73 Å². The van der Waals surface area contributed by atoms with E-state index in [1.54, 1.807) is 13.3 Å². The topological polar surface area (TPSA) is 60.2 Å². The third-order valence-corrected chi connectivity index (χ3v) is 2.65. The molecule has 0 amide bonds. The van der Waals surface area contributed by atoms with Crippen LogP contribution in [0.4, 0.5) is 5.82 Å². The van der Waals surface area contributed by atoms with Crippen LogP contribution in [0.5, 0.6) is 5.75 Å². The van der Waals surface area contributed by atoms with Gasteiger partial charge in [-0.05, 0) is 36.6 Å². The molecule has 1 aromatic carbocycles. The standard InChI is InChI=1S/C13H17N3O/c1-17-11-4-3-10-5-8-16-13(12(10)9-11)15-7-2-6-14/h3-5,8-9H,2,6-7,14H2,1H3,(H,15,16). The van der Waals surface area contributed by atoms with Gasteiger partial charge in [-0.3, -0.25) is 0 Å². The minimum absolute atomic E-state index is 0.682. The molecule has 0 bridgehead atoms. The van der Waals surface area contributed by atoms with Gasteiger partial charge in [-0.25, -0.2) is 4.98 Å². The number of aromatic nitrogens is 1. The van der Waals surface area contributed by atoms with E-state index in [1.165, 1.54) is 0 Å². The first-order valence-corrected chi connectivity index (χ1v) is 5.72. The third-order valence-electron chi connectivity index (χ3n) is 2.65. The van der Waals surface area contributed by atoms with Gasteiger partial charge in [-0.15, -0.1) is 0 Å². The van der Waals surface area contributed by atoms with E-state index in [-0.39, 0.29) is 0 Å². The van der Waals surface area contributed by atoms with Crippen molar-refractivity contribution in [3.8, 4) is 5.75 Å². The van der Waals surface area contributed by atoms with Crippen LogP contribution in [-0.4, -0.2) is 25.2 Å². The van der Waals surface area contributed by atoms with Gasteiger partial charge in [0.2, 0.25) is 0 Å². The van der Waals surface area contributed by atoms with Crippen molar-refractivity contribution in [1.29, 1.82) is 0 Å². The molecular weight excluding hydrogens is 214 g/mol. The minimum Gasteiger partial charge on any atom is -0.497 e. The van der Waals surface area contributed by atoms with Crippen molar-refractivity contribution < 1.29 is 4.74 Å². The minimum atomic E-state index is 0.682. The number of methoxy groups -OCH3 is 1. The highest BCUT2D eigenvalue weighted by atomic mass is 16.5. The van der Waals surface area contributed by atoms with E-state index in [4.69, 9.17) is 10.5 Å². The van der Waals surface area contributed by atoms with Crippen LogP contribution in [0.25, 0.3) is 10.8 Å². The quantitative estimate of drug-likeness (QED) is 0.773. The number of nitrogens with one attached hydrogen (secondary N) is 1. The molecule has 0 atom stereocenters. The number of hydrogen-bond donors (Lipinski definition) is 2. The lowest BCUT2D eigenvalue weighted by molar-refractivity contribution is 0.415. The molecule has 1 heterocycles. The van der Waals surface area contributed by atoms with Crippen molar-refractivity contribution >= 4 is 16.6 Å². The lowest BCUT2D eigenvalue weighted by Gasteiger charge is -2.09. The molecule has 1 aromatic heterocycles. The number of nitrogens with zero attached hydrogens (tertiary/aromatic N) is 1. The Labute approximate surface area is 101 Å². The van der Waals surface area contributed by atoms with Gasteiger partial charge in [0.25, 0.3) is 0 Å². The van der Waals surface area contributed by atoms with E-state index in [9.17, 15) is 0 Å². The molecule has 3 N–H and O–H groups in total. The number of ether oxygens (including phenoxy) is 1. The Morgan fingerprint density at radius 3 is 3.00 bits per heavy atom. The maximum Gasteiger partial charge on any atom is 0.133 e. The first kappa shape index (κ1) is 11.7. The molecule has 0 saturated heterocycles. The van der Waals surface area contributed by atoms with Crippen molar-refractivity contribution in [2.45, 2.75) is 6.42 Å². The summed E-state index contributed by atoms with van der Waals surface area (Å²) in [5.41, 5.74) is 5.47. The summed E-state index contributed by atoms with van der Waals surface area (Å²) in [4.78, 5) is 4.35. The zero-order valence-corrected chi connectivity index (χ0v) is 9.94. The second-order valence-corrected chi connectivity index (χ2v) is 3.82. The number of benzene rings is 1. The lowest BCUT2D eigenvalue weighted by Crippen LogP contribution is -2.09. The smallest absolute Gasteiger partial charge is 0.133 e. The zero-order chi connectivity index (χ0) is 12.1. The average Bonchev–Trinajstić information content (AvgIpc) is 2.39. The molecule has 0 aliphatic carbocycles. The maximum absolute atomic E-state index is 5.47. The van der Waals surface area contributed by atoms with Crippen molar-refractivity contribution in [2.75, 3.05) is 25.5 Å². The van der Waals surface area contributed by atoms with Crippen LogP contribution in [-0.2, 0) is 0 Å². The van der Waals surface area contributed by atoms with Gasteiger partial charge in [0.1, 0.15) is 11.6 Å². The van der Waals surface area contributed by atoms with E-state index in [1.807, 2.05) is 24.3 Å². The number of fused-ring (bicyclic) bond motifs is 1. The molecule has 4 heteroatoms. The van der Waals surface area contributed by atoms with Gasteiger partial charge in [0.15, 0.2) is 0 Å². The number of rotatable bonds is 5. The number of hydrogen-bond acceptors (Lipinski definition) is 4. The molecule has 0 saturated carbocycles. The molecule has 0 radical (unpaired) electrons. The Hall–Kier alpha value is -1.81. The van der Waals surface area contributed by atoms with Crippen molar-refractivity contribution in [3.05, 3.63) is 30.5 Å².